The summed E-state index contributed by atoms with van der Waals surface area (Å²) in [5.41, 5.74) is 3.38. The molecule has 0 bridgehead atoms. The van der Waals surface area contributed by atoms with Crippen molar-refractivity contribution in [2.75, 3.05) is 12.3 Å². The van der Waals surface area contributed by atoms with Crippen LogP contribution >= 0.6 is 11.8 Å². The van der Waals surface area contributed by atoms with Gasteiger partial charge in [0, 0.05) is 25.2 Å². The molecule has 0 atom stereocenters. The highest BCUT2D eigenvalue weighted by molar-refractivity contribution is 7.99. The van der Waals surface area contributed by atoms with Crippen LogP contribution in [-0.4, -0.2) is 37.9 Å². The quantitative estimate of drug-likeness (QED) is 0.531. The molecule has 0 radical (unpaired) electrons. The maximum Gasteiger partial charge on any atom is 0.233 e. The summed E-state index contributed by atoms with van der Waals surface area (Å²) in [6.45, 7) is 8.23. The molecular weight excluding hydrogens is 368 g/mol. The molecule has 0 unspecified atom stereocenters. The van der Waals surface area contributed by atoms with Crippen molar-refractivity contribution in [3.05, 3.63) is 65.7 Å². The van der Waals surface area contributed by atoms with E-state index in [1.165, 1.54) is 11.8 Å². The normalized spacial score (nSPS) is 10.8. The summed E-state index contributed by atoms with van der Waals surface area (Å²) in [6, 6.07) is 18.2. The van der Waals surface area contributed by atoms with Crippen molar-refractivity contribution in [1.82, 2.24) is 19.7 Å². The first-order valence-electron chi connectivity index (χ1n) is 9.57. The number of carbonyl (C=O) groups excluding carboxylic acids is 1. The first-order valence-corrected chi connectivity index (χ1v) is 10.6. The van der Waals surface area contributed by atoms with Gasteiger partial charge in [-0.05, 0) is 31.9 Å². The Hall–Kier alpha value is -2.60. The number of nitrogens with zero attached hydrogens (tertiary/aromatic N) is 4. The van der Waals surface area contributed by atoms with Crippen molar-refractivity contribution in [3.63, 3.8) is 0 Å². The van der Waals surface area contributed by atoms with Crippen LogP contribution in [0.3, 0.4) is 0 Å². The van der Waals surface area contributed by atoms with E-state index in [0.29, 0.717) is 18.8 Å². The van der Waals surface area contributed by atoms with Crippen molar-refractivity contribution in [2.24, 2.45) is 0 Å². The highest BCUT2D eigenvalue weighted by atomic mass is 32.2. The van der Waals surface area contributed by atoms with Gasteiger partial charge in [-0.3, -0.25) is 4.79 Å². The van der Waals surface area contributed by atoms with Crippen LogP contribution < -0.4 is 0 Å². The fourth-order valence-electron chi connectivity index (χ4n) is 3.10. The van der Waals surface area contributed by atoms with Crippen molar-refractivity contribution in [3.8, 4) is 11.4 Å². The van der Waals surface area contributed by atoms with Gasteiger partial charge in [0.15, 0.2) is 11.0 Å². The van der Waals surface area contributed by atoms with E-state index in [1.807, 2.05) is 54.3 Å². The summed E-state index contributed by atoms with van der Waals surface area (Å²) in [5, 5.41) is 9.53. The molecule has 0 fully saturated rings. The van der Waals surface area contributed by atoms with E-state index in [9.17, 15) is 4.79 Å². The minimum atomic E-state index is 0.111. The molecule has 146 valence electrons. The van der Waals surface area contributed by atoms with Crippen LogP contribution in [-0.2, 0) is 17.9 Å². The van der Waals surface area contributed by atoms with Gasteiger partial charge in [-0.1, -0.05) is 66.4 Å². The molecule has 0 aliphatic carbocycles. The van der Waals surface area contributed by atoms with Gasteiger partial charge in [0.2, 0.25) is 5.91 Å². The molecular formula is C22H26N4OS. The monoisotopic (exact) mass is 394 g/mol. The predicted octanol–water partition coefficient (Wildman–Crippen LogP) is 4.41. The first-order chi connectivity index (χ1) is 13.6. The Morgan fingerprint density at radius 2 is 1.75 bits per heavy atom. The van der Waals surface area contributed by atoms with Gasteiger partial charge in [0.1, 0.15) is 0 Å². The number of aryl methyl sites for hydroxylation is 1. The topological polar surface area (TPSA) is 51.0 Å². The van der Waals surface area contributed by atoms with E-state index in [4.69, 9.17) is 0 Å². The average molecular weight is 395 g/mol. The second kappa shape index (κ2) is 9.55. The molecule has 1 heterocycles. The third-order valence-corrected chi connectivity index (χ3v) is 5.65. The molecule has 0 N–H and O–H groups in total. The SMILES string of the molecule is CCN(Cc1ccccc1)C(=O)CSc1nnc(-c2ccccc2C)n1CC. The number of rotatable bonds is 8. The van der Waals surface area contributed by atoms with E-state index >= 15 is 0 Å². The number of aromatic nitrogens is 3. The minimum Gasteiger partial charge on any atom is -0.338 e. The van der Waals surface area contributed by atoms with Crippen molar-refractivity contribution >= 4 is 17.7 Å². The summed E-state index contributed by atoms with van der Waals surface area (Å²) in [6.07, 6.45) is 0. The Morgan fingerprint density at radius 1 is 1.04 bits per heavy atom. The van der Waals surface area contributed by atoms with Crippen LogP contribution in [0.4, 0.5) is 0 Å². The molecule has 1 amide bonds. The van der Waals surface area contributed by atoms with Crippen LogP contribution in [0.25, 0.3) is 11.4 Å². The highest BCUT2D eigenvalue weighted by Crippen LogP contribution is 2.26. The van der Waals surface area contributed by atoms with Crippen LogP contribution in [0.15, 0.2) is 59.8 Å². The van der Waals surface area contributed by atoms with E-state index in [2.05, 4.69) is 40.7 Å². The lowest BCUT2D eigenvalue weighted by atomic mass is 10.1. The highest BCUT2D eigenvalue weighted by Gasteiger charge is 2.18. The van der Waals surface area contributed by atoms with E-state index in [-0.39, 0.29) is 5.91 Å². The van der Waals surface area contributed by atoms with E-state index in [0.717, 1.165) is 34.2 Å². The number of carbonyl (C=O) groups is 1. The molecule has 0 aliphatic rings. The molecule has 0 saturated heterocycles. The molecule has 3 rings (SSSR count). The number of amides is 1. The number of benzene rings is 2. The average Bonchev–Trinajstić information content (AvgIpc) is 3.14. The first kappa shape index (κ1) is 20.1. The zero-order valence-corrected chi connectivity index (χ0v) is 17.4. The summed E-state index contributed by atoms with van der Waals surface area (Å²) in [7, 11) is 0. The zero-order chi connectivity index (χ0) is 19.9. The third kappa shape index (κ3) is 4.62. The maximum absolute atomic E-state index is 12.7. The fraction of sp³-hybridized carbons (Fsp3) is 0.318. The van der Waals surface area contributed by atoms with Gasteiger partial charge < -0.3 is 9.47 Å². The number of thioether (sulfide) groups is 1. The lowest BCUT2D eigenvalue weighted by molar-refractivity contribution is -0.128. The Morgan fingerprint density at radius 3 is 2.43 bits per heavy atom. The van der Waals surface area contributed by atoms with E-state index < -0.39 is 0 Å². The summed E-state index contributed by atoms with van der Waals surface area (Å²) in [5.74, 6) is 1.32. The van der Waals surface area contributed by atoms with Gasteiger partial charge in [-0.15, -0.1) is 10.2 Å². The molecule has 5 nitrogen and oxygen atoms in total. The van der Waals surface area contributed by atoms with Gasteiger partial charge in [-0.2, -0.15) is 0 Å². The number of hydrogen-bond acceptors (Lipinski definition) is 4. The molecule has 0 saturated carbocycles. The summed E-state index contributed by atoms with van der Waals surface area (Å²) >= 11 is 1.45. The number of hydrogen-bond donors (Lipinski definition) is 0. The predicted molar refractivity (Wildman–Crippen MR) is 114 cm³/mol. The lowest BCUT2D eigenvalue weighted by Gasteiger charge is -2.20. The summed E-state index contributed by atoms with van der Waals surface area (Å²) in [4.78, 5) is 14.6. The van der Waals surface area contributed by atoms with Crippen LogP contribution in [0.5, 0.6) is 0 Å². The van der Waals surface area contributed by atoms with Crippen LogP contribution in [0.2, 0.25) is 0 Å². The molecule has 0 spiro atoms. The molecule has 28 heavy (non-hydrogen) atoms. The van der Waals surface area contributed by atoms with Gasteiger partial charge in [0.05, 0.1) is 5.75 Å². The maximum atomic E-state index is 12.7. The third-order valence-electron chi connectivity index (χ3n) is 4.69. The van der Waals surface area contributed by atoms with Crippen molar-refractivity contribution in [2.45, 2.75) is 39.0 Å². The molecule has 2 aromatic carbocycles. The lowest BCUT2D eigenvalue weighted by Crippen LogP contribution is -2.31. The van der Waals surface area contributed by atoms with Crippen LogP contribution in [0, 0.1) is 6.92 Å². The second-order valence-corrected chi connectivity index (χ2v) is 7.49. The molecule has 3 aromatic rings. The van der Waals surface area contributed by atoms with Gasteiger partial charge in [0.25, 0.3) is 0 Å². The second-order valence-electron chi connectivity index (χ2n) is 6.55. The largest absolute Gasteiger partial charge is 0.338 e. The Labute approximate surface area is 170 Å². The Kier molecular flexibility index (Phi) is 6.87. The Balaban J connectivity index is 1.70. The zero-order valence-electron chi connectivity index (χ0n) is 16.6. The van der Waals surface area contributed by atoms with Crippen molar-refractivity contribution < 1.29 is 4.79 Å². The molecule has 0 aliphatic heterocycles. The Bertz CT molecular complexity index is 923. The summed E-state index contributed by atoms with van der Waals surface area (Å²) < 4.78 is 2.08. The van der Waals surface area contributed by atoms with Gasteiger partial charge in [-0.25, -0.2) is 0 Å². The molecule has 1 aromatic heterocycles. The minimum absolute atomic E-state index is 0.111. The molecule has 6 heteroatoms. The smallest absolute Gasteiger partial charge is 0.233 e. The van der Waals surface area contributed by atoms with Crippen molar-refractivity contribution in [1.29, 1.82) is 0 Å². The van der Waals surface area contributed by atoms with Crippen LogP contribution in [0.1, 0.15) is 25.0 Å². The standard InChI is InChI=1S/C22H26N4OS/c1-4-25(15-18-12-7-6-8-13-18)20(27)16-28-22-24-23-21(26(22)5-2)19-14-10-9-11-17(19)3/h6-14H,4-5,15-16H2,1-3H3. The van der Waals surface area contributed by atoms with Gasteiger partial charge >= 0.3 is 0 Å². The van der Waals surface area contributed by atoms with E-state index in [1.54, 1.807) is 0 Å². The fourth-order valence-corrected chi connectivity index (χ4v) is 4.01.